The van der Waals surface area contributed by atoms with Gasteiger partial charge >= 0.3 is 12.0 Å². The fourth-order valence-electron chi connectivity index (χ4n) is 0.982. The van der Waals surface area contributed by atoms with Gasteiger partial charge in [-0.25, -0.2) is 9.59 Å². The second-order valence-corrected chi connectivity index (χ2v) is 4.83. The van der Waals surface area contributed by atoms with Gasteiger partial charge in [0.1, 0.15) is 6.04 Å². The molecule has 0 aromatic heterocycles. The second-order valence-electron chi connectivity index (χ2n) is 4.83. The first kappa shape index (κ1) is 16.3. The highest BCUT2D eigenvalue weighted by atomic mass is 16.4. The normalized spacial score (nSPS) is 12.7. The lowest BCUT2D eigenvalue weighted by atomic mass is 10.0. The molecule has 0 heterocycles. The van der Waals surface area contributed by atoms with Crippen LogP contribution >= 0.6 is 0 Å². The molecule has 1 unspecified atom stereocenters. The minimum atomic E-state index is -1.14. The van der Waals surface area contributed by atoms with Gasteiger partial charge in [-0.1, -0.05) is 0 Å². The van der Waals surface area contributed by atoms with Crippen molar-refractivity contribution in [3.63, 3.8) is 0 Å². The van der Waals surface area contributed by atoms with Crippen LogP contribution < -0.4 is 10.6 Å². The summed E-state index contributed by atoms with van der Waals surface area (Å²) in [7, 11) is 3.80. The summed E-state index contributed by atoms with van der Waals surface area (Å²) in [6, 6.07) is -1.59. The summed E-state index contributed by atoms with van der Waals surface area (Å²) in [5, 5.41) is 13.8. The highest BCUT2D eigenvalue weighted by molar-refractivity contribution is 5.82. The Balaban J connectivity index is 4.27. The number of nitrogens with zero attached hydrogens (tertiary/aromatic N) is 1. The number of carboxylic acid groups (broad SMARTS) is 1. The molecule has 0 aliphatic heterocycles. The van der Waals surface area contributed by atoms with E-state index in [1.807, 2.05) is 32.8 Å². The first-order chi connectivity index (χ1) is 8.20. The van der Waals surface area contributed by atoms with E-state index in [0.717, 1.165) is 0 Å². The van der Waals surface area contributed by atoms with Crippen molar-refractivity contribution in [3.05, 3.63) is 0 Å². The van der Waals surface area contributed by atoms with Gasteiger partial charge in [0.25, 0.3) is 0 Å². The first-order valence-corrected chi connectivity index (χ1v) is 5.58. The number of carboxylic acids is 1. The lowest BCUT2D eigenvalue weighted by Crippen LogP contribution is -2.52. The van der Waals surface area contributed by atoms with Crippen molar-refractivity contribution in [2.45, 2.75) is 31.8 Å². The van der Waals surface area contributed by atoms with Crippen molar-refractivity contribution in [2.24, 2.45) is 0 Å². The predicted octanol–water partition coefficient (Wildman–Crippen LogP) is 0.102. The molecule has 1 atom stereocenters. The van der Waals surface area contributed by atoms with Gasteiger partial charge < -0.3 is 20.6 Å². The standard InChI is InChI=1S/C12H21N3O3/c1-6-7-9(10(16)17)14-11(18)13-8-12(2,3)15(4)5/h1,9H,7-8H2,2-5H3,(H,16,17)(H2,13,14,18). The van der Waals surface area contributed by atoms with Crippen LogP contribution in [0, 0.1) is 12.3 Å². The average Bonchev–Trinajstić information content (AvgIpc) is 2.25. The fourth-order valence-corrected chi connectivity index (χ4v) is 0.982. The maximum Gasteiger partial charge on any atom is 0.327 e. The van der Waals surface area contributed by atoms with E-state index >= 15 is 0 Å². The summed E-state index contributed by atoms with van der Waals surface area (Å²) in [6.45, 7) is 4.32. The van der Waals surface area contributed by atoms with Crippen molar-refractivity contribution < 1.29 is 14.7 Å². The molecule has 0 aliphatic carbocycles. The molecule has 18 heavy (non-hydrogen) atoms. The van der Waals surface area contributed by atoms with Gasteiger partial charge in [-0.15, -0.1) is 12.3 Å². The second kappa shape index (κ2) is 6.87. The van der Waals surface area contributed by atoms with Crippen molar-refractivity contribution >= 4 is 12.0 Å². The van der Waals surface area contributed by atoms with E-state index in [2.05, 4.69) is 16.6 Å². The van der Waals surface area contributed by atoms with Gasteiger partial charge in [0.2, 0.25) is 0 Å². The smallest absolute Gasteiger partial charge is 0.327 e. The van der Waals surface area contributed by atoms with Gasteiger partial charge in [0, 0.05) is 18.5 Å². The molecule has 0 aliphatic rings. The number of rotatable bonds is 6. The number of amides is 2. The quantitative estimate of drug-likeness (QED) is 0.588. The summed E-state index contributed by atoms with van der Waals surface area (Å²) >= 11 is 0. The lowest BCUT2D eigenvalue weighted by Gasteiger charge is -2.32. The Morgan fingerprint density at radius 1 is 1.44 bits per heavy atom. The van der Waals surface area contributed by atoms with Gasteiger partial charge in [0.05, 0.1) is 0 Å². The SMILES string of the molecule is C#CCC(NC(=O)NCC(C)(C)N(C)C)C(=O)O. The summed E-state index contributed by atoms with van der Waals surface area (Å²) in [4.78, 5) is 24.3. The number of urea groups is 1. The van der Waals surface area contributed by atoms with E-state index in [1.165, 1.54) is 0 Å². The Morgan fingerprint density at radius 3 is 2.39 bits per heavy atom. The number of aliphatic carboxylic acids is 1. The lowest BCUT2D eigenvalue weighted by molar-refractivity contribution is -0.139. The van der Waals surface area contributed by atoms with Crippen LogP contribution in [0.2, 0.25) is 0 Å². The number of carbonyl (C=O) groups excluding carboxylic acids is 1. The zero-order chi connectivity index (χ0) is 14.3. The zero-order valence-corrected chi connectivity index (χ0v) is 11.3. The largest absolute Gasteiger partial charge is 0.480 e. The van der Waals surface area contributed by atoms with Crippen LogP contribution in [0.25, 0.3) is 0 Å². The van der Waals surface area contributed by atoms with Crippen LogP contribution in [0.4, 0.5) is 4.79 Å². The Labute approximate surface area is 108 Å². The van der Waals surface area contributed by atoms with Crippen molar-refractivity contribution in [2.75, 3.05) is 20.6 Å². The molecule has 3 N–H and O–H groups in total. The highest BCUT2D eigenvalue weighted by Gasteiger charge is 2.23. The van der Waals surface area contributed by atoms with Crippen molar-refractivity contribution in [1.82, 2.24) is 15.5 Å². The number of nitrogens with one attached hydrogen (secondary N) is 2. The number of hydrogen-bond acceptors (Lipinski definition) is 3. The first-order valence-electron chi connectivity index (χ1n) is 5.58. The molecule has 6 nitrogen and oxygen atoms in total. The summed E-state index contributed by atoms with van der Waals surface area (Å²) in [6.07, 6.45) is 4.99. The predicted molar refractivity (Wildman–Crippen MR) is 69.2 cm³/mol. The number of carbonyl (C=O) groups is 2. The Kier molecular flexibility index (Phi) is 6.20. The van der Waals surface area contributed by atoms with E-state index in [4.69, 9.17) is 11.5 Å². The van der Waals surface area contributed by atoms with E-state index in [0.29, 0.717) is 6.54 Å². The molecule has 0 aromatic carbocycles. The fraction of sp³-hybridized carbons (Fsp3) is 0.667. The molecule has 0 radical (unpaired) electrons. The zero-order valence-electron chi connectivity index (χ0n) is 11.3. The Hall–Kier alpha value is -1.74. The van der Waals surface area contributed by atoms with E-state index in [1.54, 1.807) is 0 Å². The molecule has 0 saturated carbocycles. The molecule has 0 saturated heterocycles. The van der Waals surface area contributed by atoms with Crippen molar-refractivity contribution in [1.29, 1.82) is 0 Å². The van der Waals surface area contributed by atoms with Crippen LogP contribution in [-0.4, -0.2) is 54.2 Å². The Morgan fingerprint density at radius 2 is 2.00 bits per heavy atom. The van der Waals surface area contributed by atoms with E-state index < -0.39 is 18.0 Å². The summed E-state index contributed by atoms with van der Waals surface area (Å²) in [5.41, 5.74) is -0.220. The minimum absolute atomic E-state index is 0.0418. The molecular weight excluding hydrogens is 234 g/mol. The molecule has 6 heteroatoms. The van der Waals surface area contributed by atoms with Crippen LogP contribution in [0.5, 0.6) is 0 Å². The van der Waals surface area contributed by atoms with Crippen LogP contribution in [0.15, 0.2) is 0 Å². The molecule has 0 rings (SSSR count). The van der Waals surface area contributed by atoms with Crippen LogP contribution in [-0.2, 0) is 4.79 Å². The highest BCUT2D eigenvalue weighted by Crippen LogP contribution is 2.07. The molecular formula is C12H21N3O3. The van der Waals surface area contributed by atoms with Gasteiger partial charge in [-0.3, -0.25) is 0 Å². The summed E-state index contributed by atoms with van der Waals surface area (Å²) in [5.74, 6) is 1.07. The molecule has 2 amide bonds. The summed E-state index contributed by atoms with van der Waals surface area (Å²) < 4.78 is 0. The van der Waals surface area contributed by atoms with Crippen LogP contribution in [0.1, 0.15) is 20.3 Å². The monoisotopic (exact) mass is 255 g/mol. The molecule has 0 bridgehead atoms. The van der Waals surface area contributed by atoms with E-state index in [9.17, 15) is 9.59 Å². The number of hydrogen-bond donors (Lipinski definition) is 3. The third-order valence-corrected chi connectivity index (χ3v) is 2.82. The Bertz CT molecular complexity index is 345. The molecule has 0 spiro atoms. The third-order valence-electron chi connectivity index (χ3n) is 2.82. The molecule has 102 valence electrons. The topological polar surface area (TPSA) is 81.7 Å². The van der Waals surface area contributed by atoms with Gasteiger partial charge in [0.15, 0.2) is 0 Å². The maximum absolute atomic E-state index is 11.5. The third kappa shape index (κ3) is 5.55. The maximum atomic E-state index is 11.5. The van der Waals surface area contributed by atoms with Gasteiger partial charge in [-0.2, -0.15) is 0 Å². The number of likely N-dealkylation sites (N-methyl/N-ethyl adjacent to an activating group) is 1. The van der Waals surface area contributed by atoms with E-state index in [-0.39, 0.29) is 12.0 Å². The van der Waals surface area contributed by atoms with Crippen molar-refractivity contribution in [3.8, 4) is 12.3 Å². The number of terminal acetylenes is 1. The molecule has 0 aromatic rings. The molecule has 0 fully saturated rings. The van der Waals surface area contributed by atoms with Crippen LogP contribution in [0.3, 0.4) is 0 Å². The minimum Gasteiger partial charge on any atom is -0.480 e. The van der Waals surface area contributed by atoms with Gasteiger partial charge in [-0.05, 0) is 27.9 Å². The average molecular weight is 255 g/mol.